The van der Waals surface area contributed by atoms with E-state index in [1.165, 1.54) is 16.2 Å². The smallest absolute Gasteiger partial charge is 0.301 e. The Morgan fingerprint density at radius 1 is 1.13 bits per heavy atom. The number of ketones is 1. The highest BCUT2D eigenvalue weighted by Crippen LogP contribution is 2.45. The van der Waals surface area contributed by atoms with Crippen LogP contribution in [0, 0.1) is 0 Å². The molecule has 7 nitrogen and oxygen atoms in total. The molecule has 4 aromatic rings. The van der Waals surface area contributed by atoms with E-state index in [0.717, 1.165) is 33.6 Å². The van der Waals surface area contributed by atoms with Gasteiger partial charge >= 0.3 is 5.91 Å². The van der Waals surface area contributed by atoms with Crippen LogP contribution in [0.3, 0.4) is 0 Å². The molecule has 0 bridgehead atoms. The summed E-state index contributed by atoms with van der Waals surface area (Å²) in [5.74, 6) is -0.225. The Labute approximate surface area is 224 Å². The molecule has 2 aliphatic heterocycles. The highest BCUT2D eigenvalue weighted by molar-refractivity contribution is 7.22. The molecule has 0 aliphatic carbocycles. The minimum atomic E-state index is -0.827. The largest absolute Gasteiger partial charge is 0.507 e. The van der Waals surface area contributed by atoms with Crippen LogP contribution in [0.1, 0.15) is 42.1 Å². The lowest BCUT2D eigenvalue weighted by Gasteiger charge is -2.23. The normalized spacial score (nSPS) is 20.1. The second kappa shape index (κ2) is 9.29. The Bertz CT molecular complexity index is 1620. The standard InChI is InChI=1S/C30H26N2O5S/c1-4-17-5-7-18(8-6-17)26-25(27(33)19-9-12-23-20(14-19)13-16(2)37-23)28(34)29(35)32(26)30-31-22-11-10-21(36-3)15-24(22)38-30/h5-12,14-16,26,33H,4,13H2,1-3H3. The van der Waals surface area contributed by atoms with Gasteiger partial charge in [-0.15, -0.1) is 0 Å². The van der Waals surface area contributed by atoms with Crippen molar-refractivity contribution in [2.75, 3.05) is 12.0 Å². The van der Waals surface area contributed by atoms with Crippen molar-refractivity contribution in [1.29, 1.82) is 0 Å². The number of methoxy groups -OCH3 is 1. The maximum atomic E-state index is 13.5. The predicted octanol–water partition coefficient (Wildman–Crippen LogP) is 5.82. The molecule has 38 heavy (non-hydrogen) atoms. The first-order chi connectivity index (χ1) is 18.4. The molecule has 0 radical (unpaired) electrons. The molecule has 1 aromatic heterocycles. The van der Waals surface area contributed by atoms with E-state index in [4.69, 9.17) is 9.47 Å². The lowest BCUT2D eigenvalue weighted by atomic mass is 9.94. The summed E-state index contributed by atoms with van der Waals surface area (Å²) in [6, 6.07) is 17.8. The number of anilines is 1. The van der Waals surface area contributed by atoms with E-state index in [0.29, 0.717) is 28.4 Å². The fourth-order valence-electron chi connectivity index (χ4n) is 5.13. The topological polar surface area (TPSA) is 89.0 Å². The number of Topliss-reactive ketones (excluding diaryl/α,β-unsaturated/α-hetero) is 1. The summed E-state index contributed by atoms with van der Waals surface area (Å²) in [5.41, 5.74) is 4.02. The molecular weight excluding hydrogens is 500 g/mol. The van der Waals surface area contributed by atoms with Crippen molar-refractivity contribution < 1.29 is 24.2 Å². The molecule has 1 N–H and O–H groups in total. The number of aromatic nitrogens is 1. The fourth-order valence-corrected chi connectivity index (χ4v) is 6.15. The Balaban J connectivity index is 1.52. The van der Waals surface area contributed by atoms with Crippen LogP contribution in [0.5, 0.6) is 11.5 Å². The van der Waals surface area contributed by atoms with Crippen LogP contribution in [-0.4, -0.2) is 35.0 Å². The van der Waals surface area contributed by atoms with E-state index >= 15 is 0 Å². The van der Waals surface area contributed by atoms with Gasteiger partial charge in [-0.25, -0.2) is 4.98 Å². The summed E-state index contributed by atoms with van der Waals surface area (Å²) < 4.78 is 12.0. The van der Waals surface area contributed by atoms with Gasteiger partial charge in [0, 0.05) is 12.0 Å². The number of thiazole rings is 1. The molecule has 8 heteroatoms. The average molecular weight is 527 g/mol. The third-order valence-electron chi connectivity index (χ3n) is 7.11. The van der Waals surface area contributed by atoms with Crippen molar-refractivity contribution >= 4 is 44.1 Å². The van der Waals surface area contributed by atoms with E-state index in [-0.39, 0.29) is 17.4 Å². The lowest BCUT2D eigenvalue weighted by Crippen LogP contribution is -2.29. The summed E-state index contributed by atoms with van der Waals surface area (Å²) in [6.45, 7) is 4.05. The Morgan fingerprint density at radius 3 is 2.66 bits per heavy atom. The van der Waals surface area contributed by atoms with Gasteiger partial charge in [0.05, 0.1) is 28.9 Å². The zero-order valence-corrected chi connectivity index (χ0v) is 22.0. The van der Waals surface area contributed by atoms with Crippen LogP contribution < -0.4 is 14.4 Å². The molecule has 192 valence electrons. The summed E-state index contributed by atoms with van der Waals surface area (Å²) >= 11 is 1.30. The predicted molar refractivity (Wildman–Crippen MR) is 147 cm³/mol. The van der Waals surface area contributed by atoms with Gasteiger partial charge in [-0.2, -0.15) is 0 Å². The highest BCUT2D eigenvalue weighted by atomic mass is 32.1. The lowest BCUT2D eigenvalue weighted by molar-refractivity contribution is -0.132. The Hall–Kier alpha value is -4.17. The van der Waals surface area contributed by atoms with Crippen molar-refractivity contribution in [2.24, 2.45) is 0 Å². The monoisotopic (exact) mass is 526 g/mol. The number of hydrogen-bond acceptors (Lipinski definition) is 7. The fraction of sp³-hybridized carbons (Fsp3) is 0.233. The van der Waals surface area contributed by atoms with Crippen molar-refractivity contribution in [3.05, 3.63) is 88.5 Å². The molecule has 0 saturated carbocycles. The average Bonchev–Trinajstić information content (AvgIpc) is 3.60. The van der Waals surface area contributed by atoms with Crippen LogP contribution in [-0.2, 0) is 22.4 Å². The second-order valence-electron chi connectivity index (χ2n) is 9.55. The van der Waals surface area contributed by atoms with Gasteiger partial charge in [0.1, 0.15) is 23.4 Å². The number of benzene rings is 3. The zero-order valence-electron chi connectivity index (χ0n) is 21.2. The Morgan fingerprint density at radius 2 is 1.92 bits per heavy atom. The summed E-state index contributed by atoms with van der Waals surface area (Å²) in [4.78, 5) is 33.2. The van der Waals surface area contributed by atoms with Crippen molar-refractivity contribution in [1.82, 2.24) is 4.98 Å². The minimum absolute atomic E-state index is 0.0442. The molecule has 6 rings (SSSR count). The zero-order chi connectivity index (χ0) is 26.6. The van der Waals surface area contributed by atoms with Gasteiger partial charge in [0.25, 0.3) is 5.78 Å². The number of hydrogen-bond donors (Lipinski definition) is 1. The molecule has 2 aliphatic rings. The number of carbonyl (C=O) groups is 2. The molecule has 2 atom stereocenters. The quantitative estimate of drug-likeness (QED) is 0.200. The van der Waals surface area contributed by atoms with Crippen molar-refractivity contribution in [3.63, 3.8) is 0 Å². The first-order valence-electron chi connectivity index (χ1n) is 12.5. The third-order valence-corrected chi connectivity index (χ3v) is 8.13. The van der Waals surface area contributed by atoms with Gasteiger partial charge in [-0.1, -0.05) is 42.5 Å². The molecule has 3 heterocycles. The van der Waals surface area contributed by atoms with Crippen LogP contribution in [0.25, 0.3) is 16.0 Å². The summed E-state index contributed by atoms with van der Waals surface area (Å²) in [7, 11) is 1.59. The van der Waals surface area contributed by atoms with Gasteiger partial charge < -0.3 is 14.6 Å². The SMILES string of the molecule is CCc1ccc(C2C(=C(O)c3ccc4c(c3)CC(C)O4)C(=O)C(=O)N2c2nc3ccc(OC)cc3s2)cc1. The number of ether oxygens (including phenoxy) is 2. The number of fused-ring (bicyclic) bond motifs is 2. The highest BCUT2D eigenvalue weighted by Gasteiger charge is 2.48. The van der Waals surface area contributed by atoms with Gasteiger partial charge in [-0.05, 0) is 66.4 Å². The molecule has 1 amide bonds. The maximum absolute atomic E-state index is 13.5. The van der Waals surface area contributed by atoms with E-state index in [1.807, 2.05) is 49.4 Å². The number of carbonyl (C=O) groups excluding carboxylic acids is 2. The van der Waals surface area contributed by atoms with E-state index in [9.17, 15) is 14.7 Å². The van der Waals surface area contributed by atoms with Gasteiger partial charge in [0.2, 0.25) is 0 Å². The van der Waals surface area contributed by atoms with E-state index < -0.39 is 17.7 Å². The molecule has 2 unspecified atom stereocenters. The second-order valence-corrected chi connectivity index (χ2v) is 10.6. The minimum Gasteiger partial charge on any atom is -0.507 e. The van der Waals surface area contributed by atoms with Crippen molar-refractivity contribution in [3.8, 4) is 11.5 Å². The number of aliphatic hydroxyl groups is 1. The van der Waals surface area contributed by atoms with E-state index in [2.05, 4.69) is 11.9 Å². The van der Waals surface area contributed by atoms with Crippen LogP contribution in [0.15, 0.2) is 66.2 Å². The molecule has 1 fully saturated rings. The maximum Gasteiger partial charge on any atom is 0.301 e. The number of rotatable bonds is 5. The van der Waals surface area contributed by atoms with Gasteiger partial charge in [0.15, 0.2) is 5.13 Å². The number of aliphatic hydroxyl groups excluding tert-OH is 1. The van der Waals surface area contributed by atoms with E-state index in [1.54, 1.807) is 25.3 Å². The molecule has 1 saturated heterocycles. The van der Waals surface area contributed by atoms with Crippen molar-refractivity contribution in [2.45, 2.75) is 38.8 Å². The first-order valence-corrected chi connectivity index (χ1v) is 13.3. The summed E-state index contributed by atoms with van der Waals surface area (Å²) in [6.07, 6.45) is 1.61. The Kier molecular flexibility index (Phi) is 5.91. The number of nitrogens with zero attached hydrogens (tertiary/aromatic N) is 2. The number of amides is 1. The molecule has 3 aromatic carbocycles. The van der Waals surface area contributed by atoms with Gasteiger partial charge in [-0.3, -0.25) is 14.5 Å². The summed E-state index contributed by atoms with van der Waals surface area (Å²) in [5, 5.41) is 11.9. The number of aryl methyl sites for hydroxylation is 1. The molecular formula is C30H26N2O5S. The van der Waals surface area contributed by atoms with Crippen LogP contribution in [0.2, 0.25) is 0 Å². The first kappa shape index (κ1) is 24.2. The van der Waals surface area contributed by atoms with Crippen LogP contribution in [0.4, 0.5) is 5.13 Å². The van der Waals surface area contributed by atoms with Crippen LogP contribution >= 0.6 is 11.3 Å². The third kappa shape index (κ3) is 3.92. The molecule has 0 spiro atoms.